The molecular weight excluding hydrogens is 138 g/mol. The van der Waals surface area contributed by atoms with Gasteiger partial charge in [0.2, 0.25) is 0 Å². The Balaban J connectivity index is 2.48. The highest BCUT2D eigenvalue weighted by Crippen LogP contribution is 2.40. The summed E-state index contributed by atoms with van der Waals surface area (Å²) in [4.78, 5) is 11.4. The molecule has 1 rings (SSSR count). The molecule has 0 bridgehead atoms. The number of carbonyl (C=O) groups excluding carboxylic acids is 1. The number of nitrogens with zero attached hydrogens (tertiary/aromatic N) is 1. The van der Waals surface area contributed by atoms with Crippen molar-refractivity contribution in [3.8, 4) is 6.07 Å². The molecule has 0 aromatic carbocycles. The van der Waals surface area contributed by atoms with Gasteiger partial charge in [0.15, 0.2) is 5.78 Å². The Morgan fingerprint density at radius 3 is 2.64 bits per heavy atom. The van der Waals surface area contributed by atoms with Gasteiger partial charge < -0.3 is 0 Å². The summed E-state index contributed by atoms with van der Waals surface area (Å²) >= 11 is 0. The maximum atomic E-state index is 11.4. The van der Waals surface area contributed by atoms with Crippen molar-refractivity contribution in [3.63, 3.8) is 0 Å². The van der Waals surface area contributed by atoms with Crippen LogP contribution in [0.1, 0.15) is 26.7 Å². The fourth-order valence-electron chi connectivity index (χ4n) is 1.33. The van der Waals surface area contributed by atoms with Crippen molar-refractivity contribution < 1.29 is 4.79 Å². The molecule has 0 spiro atoms. The van der Waals surface area contributed by atoms with E-state index >= 15 is 0 Å². The summed E-state index contributed by atoms with van der Waals surface area (Å²) in [5, 5.41) is 8.59. The van der Waals surface area contributed by atoms with Gasteiger partial charge >= 0.3 is 0 Å². The molecule has 1 aliphatic carbocycles. The lowest BCUT2D eigenvalue weighted by Gasteiger charge is -2.01. The number of rotatable bonds is 3. The van der Waals surface area contributed by atoms with Gasteiger partial charge in [0.05, 0.1) is 6.07 Å². The second-order valence-corrected chi connectivity index (χ2v) is 3.31. The van der Waals surface area contributed by atoms with Crippen molar-refractivity contribution >= 4 is 5.78 Å². The van der Waals surface area contributed by atoms with Gasteiger partial charge in [-0.15, -0.1) is 0 Å². The molecule has 60 valence electrons. The summed E-state index contributed by atoms with van der Waals surface area (Å²) in [6.07, 6.45) is 1.66. The first-order valence-electron chi connectivity index (χ1n) is 4.14. The van der Waals surface area contributed by atoms with E-state index in [0.29, 0.717) is 12.3 Å². The van der Waals surface area contributed by atoms with Gasteiger partial charge in [-0.2, -0.15) is 5.26 Å². The molecule has 1 fully saturated rings. The zero-order valence-electron chi connectivity index (χ0n) is 7.00. The van der Waals surface area contributed by atoms with Crippen LogP contribution in [0.4, 0.5) is 0 Å². The fourth-order valence-corrected chi connectivity index (χ4v) is 1.33. The van der Waals surface area contributed by atoms with Crippen molar-refractivity contribution in [3.05, 3.63) is 0 Å². The van der Waals surface area contributed by atoms with Gasteiger partial charge in [-0.25, -0.2) is 0 Å². The molecule has 2 nitrogen and oxygen atoms in total. The van der Waals surface area contributed by atoms with Crippen molar-refractivity contribution in [1.82, 2.24) is 0 Å². The van der Waals surface area contributed by atoms with E-state index in [9.17, 15) is 4.79 Å². The summed E-state index contributed by atoms with van der Waals surface area (Å²) in [5.41, 5.74) is 0. The minimum atomic E-state index is -0.343. The average molecular weight is 151 g/mol. The van der Waals surface area contributed by atoms with E-state index in [2.05, 4.69) is 6.92 Å². The monoisotopic (exact) mass is 151 g/mol. The van der Waals surface area contributed by atoms with Crippen LogP contribution < -0.4 is 0 Å². The van der Waals surface area contributed by atoms with Crippen molar-refractivity contribution in [2.24, 2.45) is 17.8 Å². The maximum absolute atomic E-state index is 11.4. The molecule has 0 saturated heterocycles. The molecule has 0 N–H and O–H groups in total. The van der Waals surface area contributed by atoms with E-state index < -0.39 is 0 Å². The Morgan fingerprint density at radius 1 is 1.82 bits per heavy atom. The first-order valence-corrected chi connectivity index (χ1v) is 4.14. The number of Topliss-reactive ketones (excluding diaryl/α,β-unsaturated/α-hetero) is 1. The van der Waals surface area contributed by atoms with Crippen molar-refractivity contribution in [1.29, 1.82) is 5.26 Å². The van der Waals surface area contributed by atoms with Crippen LogP contribution in [-0.4, -0.2) is 5.78 Å². The van der Waals surface area contributed by atoms with E-state index in [1.54, 1.807) is 0 Å². The summed E-state index contributed by atoms with van der Waals surface area (Å²) in [5.74, 6) is 0.567. The molecule has 11 heavy (non-hydrogen) atoms. The van der Waals surface area contributed by atoms with Crippen LogP contribution in [0.15, 0.2) is 0 Å². The molecule has 3 unspecified atom stereocenters. The molecule has 3 atom stereocenters. The van der Waals surface area contributed by atoms with Gasteiger partial charge in [0.1, 0.15) is 5.92 Å². The van der Waals surface area contributed by atoms with Gasteiger partial charge in [-0.1, -0.05) is 13.8 Å². The minimum Gasteiger partial charge on any atom is -0.298 e. The summed E-state index contributed by atoms with van der Waals surface area (Å²) in [6.45, 7) is 3.95. The molecule has 0 aromatic rings. The quantitative estimate of drug-likeness (QED) is 0.616. The maximum Gasteiger partial charge on any atom is 0.153 e. The van der Waals surface area contributed by atoms with E-state index in [-0.39, 0.29) is 17.6 Å². The van der Waals surface area contributed by atoms with Crippen molar-refractivity contribution in [2.45, 2.75) is 26.7 Å². The van der Waals surface area contributed by atoms with Crippen LogP contribution in [0.25, 0.3) is 0 Å². The Labute approximate surface area is 67.2 Å². The summed E-state index contributed by atoms with van der Waals surface area (Å²) < 4.78 is 0. The number of ketones is 1. The minimum absolute atomic E-state index is 0.169. The largest absolute Gasteiger partial charge is 0.298 e. The number of nitriles is 1. The molecule has 1 aliphatic rings. The predicted molar refractivity (Wildman–Crippen MR) is 41.7 cm³/mol. The first kappa shape index (κ1) is 8.26. The van der Waals surface area contributed by atoms with Crippen LogP contribution >= 0.6 is 0 Å². The Hall–Kier alpha value is -0.840. The van der Waals surface area contributed by atoms with Gasteiger partial charge in [-0.05, 0) is 18.8 Å². The molecular formula is C9H13NO. The van der Waals surface area contributed by atoms with E-state index in [1.165, 1.54) is 0 Å². The Kier molecular flexibility index (Phi) is 2.28. The fraction of sp³-hybridized carbons (Fsp3) is 0.778. The Morgan fingerprint density at radius 2 is 2.36 bits per heavy atom. The molecule has 0 radical (unpaired) electrons. The number of carbonyl (C=O) groups is 1. The molecule has 2 heteroatoms. The summed E-state index contributed by atoms with van der Waals surface area (Å²) in [7, 11) is 0. The molecule has 1 saturated carbocycles. The third-order valence-corrected chi connectivity index (χ3v) is 2.38. The van der Waals surface area contributed by atoms with Crippen LogP contribution in [0.5, 0.6) is 0 Å². The predicted octanol–water partition coefficient (Wildman–Crippen LogP) is 1.76. The molecule has 0 amide bonds. The number of hydrogen-bond donors (Lipinski definition) is 0. The topological polar surface area (TPSA) is 40.9 Å². The highest BCUT2D eigenvalue weighted by atomic mass is 16.1. The molecule has 0 aromatic heterocycles. The molecule has 0 heterocycles. The van der Waals surface area contributed by atoms with E-state index in [4.69, 9.17) is 5.26 Å². The lowest BCUT2D eigenvalue weighted by molar-refractivity contribution is -0.122. The lowest BCUT2D eigenvalue weighted by atomic mass is 9.99. The van der Waals surface area contributed by atoms with Gasteiger partial charge in [0.25, 0.3) is 0 Å². The number of hydrogen-bond acceptors (Lipinski definition) is 2. The smallest absolute Gasteiger partial charge is 0.153 e. The first-order chi connectivity index (χ1) is 5.20. The third-order valence-electron chi connectivity index (χ3n) is 2.38. The van der Waals surface area contributed by atoms with Crippen LogP contribution in [0.3, 0.4) is 0 Å². The van der Waals surface area contributed by atoms with Crippen LogP contribution in [0.2, 0.25) is 0 Å². The van der Waals surface area contributed by atoms with Gasteiger partial charge in [0, 0.05) is 5.92 Å². The van der Waals surface area contributed by atoms with E-state index in [1.807, 2.05) is 13.0 Å². The third kappa shape index (κ3) is 1.59. The second-order valence-electron chi connectivity index (χ2n) is 3.31. The SMILES string of the molecule is CCC(C#N)C(=O)C1CC1C. The zero-order chi connectivity index (χ0) is 8.43. The van der Waals surface area contributed by atoms with Crippen LogP contribution in [0, 0.1) is 29.1 Å². The lowest BCUT2D eigenvalue weighted by Crippen LogP contribution is -2.14. The van der Waals surface area contributed by atoms with Crippen molar-refractivity contribution in [2.75, 3.05) is 0 Å². The highest BCUT2D eigenvalue weighted by molar-refractivity contribution is 5.87. The van der Waals surface area contributed by atoms with Gasteiger partial charge in [-0.3, -0.25) is 4.79 Å². The normalized spacial score (nSPS) is 30.6. The standard InChI is InChI=1S/C9H13NO/c1-3-7(5-10)9(11)8-4-6(8)2/h6-8H,3-4H2,1-2H3. The second kappa shape index (κ2) is 3.04. The highest BCUT2D eigenvalue weighted by Gasteiger charge is 2.41. The van der Waals surface area contributed by atoms with E-state index in [0.717, 1.165) is 6.42 Å². The van der Waals surface area contributed by atoms with Crippen LogP contribution in [-0.2, 0) is 4.79 Å². The molecule has 0 aliphatic heterocycles. The average Bonchev–Trinajstić information content (AvgIpc) is 2.69. The Bertz CT molecular complexity index is 204. The zero-order valence-corrected chi connectivity index (χ0v) is 7.00. The summed E-state index contributed by atoms with van der Waals surface area (Å²) in [6, 6.07) is 2.04.